The SMILES string of the molecule is COc1cccc([C@H]2CCC(C(=O)O)=C(NC(=O)NC(C)C)N2)c1. The number of carbonyl (C=O) groups excluding carboxylic acids is 1. The van der Waals surface area contributed by atoms with Crippen molar-refractivity contribution in [2.45, 2.75) is 38.8 Å². The molecule has 0 spiro atoms. The Bertz CT molecular complexity index is 655. The van der Waals surface area contributed by atoms with Gasteiger partial charge in [-0.15, -0.1) is 0 Å². The molecule has 1 atom stereocenters. The van der Waals surface area contributed by atoms with E-state index in [1.807, 2.05) is 38.1 Å². The highest BCUT2D eigenvalue weighted by Crippen LogP contribution is 2.29. The second-order valence-electron chi connectivity index (χ2n) is 5.92. The zero-order valence-corrected chi connectivity index (χ0v) is 14.1. The molecule has 2 amide bonds. The largest absolute Gasteiger partial charge is 0.497 e. The Hall–Kier alpha value is -2.70. The summed E-state index contributed by atoms with van der Waals surface area (Å²) in [7, 11) is 1.60. The summed E-state index contributed by atoms with van der Waals surface area (Å²) >= 11 is 0. The molecule has 1 aromatic rings. The highest BCUT2D eigenvalue weighted by molar-refractivity contribution is 5.89. The molecule has 0 unspecified atom stereocenters. The van der Waals surface area contributed by atoms with Gasteiger partial charge in [-0.1, -0.05) is 12.1 Å². The summed E-state index contributed by atoms with van der Waals surface area (Å²) in [6, 6.07) is 6.99. The van der Waals surface area contributed by atoms with Gasteiger partial charge in [0.2, 0.25) is 0 Å². The molecule has 130 valence electrons. The molecule has 7 nitrogen and oxygen atoms in total. The maximum absolute atomic E-state index is 11.9. The maximum Gasteiger partial charge on any atom is 0.335 e. The third-order valence-corrected chi connectivity index (χ3v) is 3.72. The lowest BCUT2D eigenvalue weighted by Crippen LogP contribution is -2.45. The fourth-order valence-electron chi connectivity index (χ4n) is 2.59. The van der Waals surface area contributed by atoms with E-state index in [1.54, 1.807) is 7.11 Å². The molecular weight excluding hydrogens is 310 g/mol. The van der Waals surface area contributed by atoms with E-state index in [9.17, 15) is 14.7 Å². The lowest BCUT2D eigenvalue weighted by molar-refractivity contribution is -0.133. The van der Waals surface area contributed by atoms with Gasteiger partial charge < -0.3 is 20.5 Å². The normalized spacial score (nSPS) is 17.2. The summed E-state index contributed by atoms with van der Waals surface area (Å²) in [4.78, 5) is 23.3. The number of hydrogen-bond acceptors (Lipinski definition) is 4. The summed E-state index contributed by atoms with van der Waals surface area (Å²) in [5.41, 5.74) is 1.15. The topological polar surface area (TPSA) is 99.7 Å². The van der Waals surface area contributed by atoms with Crippen LogP contribution in [0.15, 0.2) is 35.7 Å². The van der Waals surface area contributed by atoms with Crippen LogP contribution in [0.1, 0.15) is 38.3 Å². The van der Waals surface area contributed by atoms with Crippen LogP contribution in [0.4, 0.5) is 4.79 Å². The van der Waals surface area contributed by atoms with Crippen molar-refractivity contribution in [1.29, 1.82) is 0 Å². The van der Waals surface area contributed by atoms with Crippen LogP contribution < -0.4 is 20.7 Å². The standard InChI is InChI=1S/C17H23N3O4/c1-10(2)18-17(23)20-15-13(16(21)22)7-8-14(19-15)11-5-4-6-12(9-11)24-3/h4-6,9-10,14,19H,7-8H2,1-3H3,(H,21,22)(H2,18,20,23)/t14-/m1/s1. The van der Waals surface area contributed by atoms with Gasteiger partial charge in [0.05, 0.1) is 18.7 Å². The zero-order chi connectivity index (χ0) is 17.7. The van der Waals surface area contributed by atoms with Gasteiger partial charge in [0.1, 0.15) is 11.6 Å². The number of amides is 2. The van der Waals surface area contributed by atoms with Gasteiger partial charge >= 0.3 is 12.0 Å². The van der Waals surface area contributed by atoms with E-state index in [4.69, 9.17) is 4.74 Å². The van der Waals surface area contributed by atoms with Crippen molar-refractivity contribution in [1.82, 2.24) is 16.0 Å². The molecule has 4 N–H and O–H groups in total. The zero-order valence-electron chi connectivity index (χ0n) is 14.1. The average molecular weight is 333 g/mol. The van der Waals surface area contributed by atoms with Crippen LogP contribution in [0.25, 0.3) is 0 Å². The van der Waals surface area contributed by atoms with Crippen LogP contribution in [0.5, 0.6) is 5.75 Å². The quantitative estimate of drug-likeness (QED) is 0.661. The van der Waals surface area contributed by atoms with Crippen molar-refractivity contribution < 1.29 is 19.4 Å². The summed E-state index contributed by atoms with van der Waals surface area (Å²) in [6.45, 7) is 3.67. The number of benzene rings is 1. The summed E-state index contributed by atoms with van der Waals surface area (Å²) in [6.07, 6.45) is 0.979. The molecule has 0 aromatic heterocycles. The molecule has 1 heterocycles. The van der Waals surface area contributed by atoms with E-state index in [2.05, 4.69) is 16.0 Å². The fraction of sp³-hybridized carbons (Fsp3) is 0.412. The molecule has 2 rings (SSSR count). The first-order valence-electron chi connectivity index (χ1n) is 7.85. The molecule has 7 heteroatoms. The highest BCUT2D eigenvalue weighted by atomic mass is 16.5. The second-order valence-corrected chi connectivity index (χ2v) is 5.92. The van der Waals surface area contributed by atoms with Gasteiger partial charge in [0.15, 0.2) is 0 Å². The van der Waals surface area contributed by atoms with Crippen molar-refractivity contribution in [3.8, 4) is 5.75 Å². The smallest absolute Gasteiger partial charge is 0.335 e. The van der Waals surface area contributed by atoms with Gasteiger partial charge in [0.25, 0.3) is 0 Å². The van der Waals surface area contributed by atoms with Gasteiger partial charge in [-0.25, -0.2) is 9.59 Å². The number of urea groups is 1. The van der Waals surface area contributed by atoms with Crippen molar-refractivity contribution in [3.63, 3.8) is 0 Å². The molecule has 24 heavy (non-hydrogen) atoms. The van der Waals surface area contributed by atoms with Crippen LogP contribution in [-0.2, 0) is 4.79 Å². The van der Waals surface area contributed by atoms with Crippen molar-refractivity contribution in [3.05, 3.63) is 41.2 Å². The molecule has 0 saturated carbocycles. The molecule has 0 saturated heterocycles. The second kappa shape index (κ2) is 7.72. The Morgan fingerprint density at radius 2 is 2.12 bits per heavy atom. The molecule has 1 aliphatic heterocycles. The number of aliphatic carboxylic acids is 1. The van der Waals surface area contributed by atoms with Gasteiger partial charge in [-0.2, -0.15) is 0 Å². The third kappa shape index (κ3) is 4.41. The number of carbonyl (C=O) groups is 2. The molecule has 0 fully saturated rings. The van der Waals surface area contributed by atoms with Crippen molar-refractivity contribution >= 4 is 12.0 Å². The fourth-order valence-corrected chi connectivity index (χ4v) is 2.59. The van der Waals surface area contributed by atoms with E-state index < -0.39 is 12.0 Å². The van der Waals surface area contributed by atoms with E-state index in [0.29, 0.717) is 12.8 Å². The van der Waals surface area contributed by atoms with Crippen LogP contribution >= 0.6 is 0 Å². The predicted octanol–water partition coefficient (Wildman–Crippen LogP) is 2.12. The molecule has 1 aliphatic rings. The molecule has 0 radical (unpaired) electrons. The average Bonchev–Trinajstić information content (AvgIpc) is 2.53. The molecular formula is C17H23N3O4. The minimum atomic E-state index is -1.04. The number of hydrogen-bond donors (Lipinski definition) is 4. The van der Waals surface area contributed by atoms with Crippen LogP contribution in [0.3, 0.4) is 0 Å². The van der Waals surface area contributed by atoms with E-state index in [1.165, 1.54) is 0 Å². The maximum atomic E-state index is 11.9. The van der Waals surface area contributed by atoms with Crippen LogP contribution in [0, 0.1) is 0 Å². The number of ether oxygens (including phenoxy) is 1. The van der Waals surface area contributed by atoms with Gasteiger partial charge in [-0.05, 0) is 44.4 Å². The Labute approximate surface area is 141 Å². The number of methoxy groups -OCH3 is 1. The Kier molecular flexibility index (Phi) is 5.68. The minimum Gasteiger partial charge on any atom is -0.497 e. The lowest BCUT2D eigenvalue weighted by Gasteiger charge is -2.29. The first kappa shape index (κ1) is 17.7. The highest BCUT2D eigenvalue weighted by Gasteiger charge is 2.26. The Morgan fingerprint density at radius 3 is 2.75 bits per heavy atom. The van der Waals surface area contributed by atoms with Gasteiger partial charge in [-0.3, -0.25) is 5.32 Å². The summed E-state index contributed by atoms with van der Waals surface area (Å²) < 4.78 is 5.23. The van der Waals surface area contributed by atoms with Crippen LogP contribution in [0.2, 0.25) is 0 Å². The van der Waals surface area contributed by atoms with Crippen molar-refractivity contribution in [2.24, 2.45) is 0 Å². The summed E-state index contributed by atoms with van der Waals surface area (Å²) in [5.74, 6) is -0.0690. The predicted molar refractivity (Wildman–Crippen MR) is 89.6 cm³/mol. The minimum absolute atomic E-state index is 0.0448. The molecule has 0 aliphatic carbocycles. The summed E-state index contributed by atoms with van der Waals surface area (Å²) in [5, 5.41) is 17.8. The van der Waals surface area contributed by atoms with Crippen LogP contribution in [-0.4, -0.2) is 30.3 Å². The van der Waals surface area contributed by atoms with E-state index in [0.717, 1.165) is 11.3 Å². The number of carboxylic acids is 1. The molecule has 0 bridgehead atoms. The van der Waals surface area contributed by atoms with Gasteiger partial charge in [0, 0.05) is 6.04 Å². The van der Waals surface area contributed by atoms with E-state index >= 15 is 0 Å². The number of rotatable bonds is 5. The first-order valence-corrected chi connectivity index (χ1v) is 7.85. The number of carboxylic acid groups (broad SMARTS) is 1. The van der Waals surface area contributed by atoms with Crippen molar-refractivity contribution in [2.75, 3.05) is 7.11 Å². The number of nitrogens with one attached hydrogen (secondary N) is 3. The van der Waals surface area contributed by atoms with E-state index in [-0.39, 0.29) is 23.5 Å². The Morgan fingerprint density at radius 1 is 1.38 bits per heavy atom. The monoisotopic (exact) mass is 333 g/mol. The third-order valence-electron chi connectivity index (χ3n) is 3.72. The lowest BCUT2D eigenvalue weighted by atomic mass is 9.95. The Balaban J connectivity index is 2.20. The first-order chi connectivity index (χ1) is 11.4. The molecule has 1 aromatic carbocycles.